The fraction of sp³-hybridized carbons (Fsp3) is 0.368. The lowest BCUT2D eigenvalue weighted by Gasteiger charge is -2.34. The molecule has 2 heteroatoms. The lowest BCUT2D eigenvalue weighted by molar-refractivity contribution is 0.229. The van der Waals surface area contributed by atoms with Crippen LogP contribution in [0, 0.1) is 5.41 Å². The molecular weight excluding hydrogens is 260 g/mol. The van der Waals surface area contributed by atoms with Gasteiger partial charge in [0.05, 0.1) is 0 Å². The quantitative estimate of drug-likeness (QED) is 0.762. The average Bonchev–Trinajstić information content (AvgIpc) is 2.92. The minimum Gasteiger partial charge on any atom is -0.508 e. The predicted octanol–water partition coefficient (Wildman–Crippen LogP) is 4.10. The maximum Gasteiger partial charge on any atom is 0.115 e. The summed E-state index contributed by atoms with van der Waals surface area (Å²) in [5.41, 5.74) is 5.50. The monoisotopic (exact) mass is 280 g/mol. The Balaban J connectivity index is 1.82. The van der Waals surface area contributed by atoms with Crippen molar-refractivity contribution in [1.82, 2.24) is 0 Å². The van der Waals surface area contributed by atoms with Gasteiger partial charge < -0.3 is 10.2 Å². The maximum absolute atomic E-state index is 9.81. The number of phenols is 2. The van der Waals surface area contributed by atoms with Crippen LogP contribution in [0.1, 0.15) is 47.9 Å². The summed E-state index contributed by atoms with van der Waals surface area (Å²) in [6.45, 7) is 4.60. The molecule has 0 heterocycles. The molecule has 0 radical (unpaired) electrons. The summed E-state index contributed by atoms with van der Waals surface area (Å²) in [6.07, 6.45) is 2.06. The Labute approximate surface area is 125 Å². The molecule has 1 spiro atoms. The van der Waals surface area contributed by atoms with E-state index in [9.17, 15) is 10.2 Å². The van der Waals surface area contributed by atoms with Crippen LogP contribution in [0.25, 0.3) is 0 Å². The lowest BCUT2D eigenvalue weighted by atomic mass is 9.69. The van der Waals surface area contributed by atoms with Crippen LogP contribution < -0.4 is 0 Å². The Hall–Kier alpha value is -1.96. The van der Waals surface area contributed by atoms with Crippen molar-refractivity contribution in [2.45, 2.75) is 38.5 Å². The molecule has 21 heavy (non-hydrogen) atoms. The van der Waals surface area contributed by atoms with Gasteiger partial charge in [-0.1, -0.05) is 26.0 Å². The van der Waals surface area contributed by atoms with Crippen molar-refractivity contribution < 1.29 is 10.2 Å². The zero-order valence-corrected chi connectivity index (χ0v) is 12.4. The highest BCUT2D eigenvalue weighted by atomic mass is 16.3. The van der Waals surface area contributed by atoms with Gasteiger partial charge in [-0.2, -0.15) is 0 Å². The average molecular weight is 280 g/mol. The molecular formula is C19H20O2. The van der Waals surface area contributed by atoms with E-state index >= 15 is 0 Å². The molecule has 2 nitrogen and oxygen atoms in total. The van der Waals surface area contributed by atoms with Crippen molar-refractivity contribution in [3.8, 4) is 11.5 Å². The number of aromatic hydroxyl groups is 2. The van der Waals surface area contributed by atoms with Gasteiger partial charge in [-0.15, -0.1) is 0 Å². The van der Waals surface area contributed by atoms with Crippen molar-refractivity contribution in [1.29, 1.82) is 0 Å². The van der Waals surface area contributed by atoms with Gasteiger partial charge in [0, 0.05) is 0 Å². The molecule has 2 N–H and O–H groups in total. The van der Waals surface area contributed by atoms with Crippen molar-refractivity contribution in [3.05, 3.63) is 58.7 Å². The third kappa shape index (κ3) is 1.59. The first-order valence-electron chi connectivity index (χ1n) is 7.65. The first kappa shape index (κ1) is 12.8. The molecule has 3 unspecified atom stereocenters. The largest absolute Gasteiger partial charge is 0.508 e. The van der Waals surface area contributed by atoms with E-state index in [0.29, 0.717) is 23.3 Å². The first-order chi connectivity index (χ1) is 10.0. The molecule has 2 aliphatic carbocycles. The molecule has 3 atom stereocenters. The molecule has 0 bridgehead atoms. The van der Waals surface area contributed by atoms with E-state index in [1.807, 2.05) is 12.1 Å². The van der Waals surface area contributed by atoms with Crippen molar-refractivity contribution in [2.75, 3.05) is 0 Å². The van der Waals surface area contributed by atoms with Crippen LogP contribution in [0.4, 0.5) is 0 Å². The molecule has 2 aromatic carbocycles. The van der Waals surface area contributed by atoms with E-state index in [4.69, 9.17) is 0 Å². The van der Waals surface area contributed by atoms with Gasteiger partial charge in [0.1, 0.15) is 11.5 Å². The highest BCUT2D eigenvalue weighted by Gasteiger charge is 2.51. The van der Waals surface area contributed by atoms with Crippen LogP contribution >= 0.6 is 0 Å². The first-order valence-corrected chi connectivity index (χ1v) is 7.65. The third-order valence-corrected chi connectivity index (χ3v) is 5.96. The molecule has 0 saturated carbocycles. The second-order valence-corrected chi connectivity index (χ2v) is 6.80. The Morgan fingerprint density at radius 1 is 0.810 bits per heavy atom. The standard InChI is InChI=1S/C19H20O2/c1-11-17-6-5-16(21)8-18(17)12(2)19(11)9-13-3-4-15(20)7-14(13)10-19/h3-8,11-12,20-21H,9-10H2,1-2H3. The van der Waals surface area contributed by atoms with Crippen molar-refractivity contribution >= 4 is 0 Å². The van der Waals surface area contributed by atoms with Gasteiger partial charge in [0.15, 0.2) is 0 Å². The second-order valence-electron chi connectivity index (χ2n) is 6.80. The molecule has 2 aromatic rings. The van der Waals surface area contributed by atoms with E-state index in [-0.39, 0.29) is 5.41 Å². The van der Waals surface area contributed by atoms with E-state index in [2.05, 4.69) is 26.0 Å². The Morgan fingerprint density at radius 2 is 1.43 bits per heavy atom. The van der Waals surface area contributed by atoms with Crippen LogP contribution in [0.3, 0.4) is 0 Å². The number of hydrogen-bond acceptors (Lipinski definition) is 2. The van der Waals surface area contributed by atoms with E-state index in [0.717, 1.165) is 12.8 Å². The Bertz CT molecular complexity index is 734. The molecule has 0 aromatic heterocycles. The fourth-order valence-corrected chi connectivity index (χ4v) is 4.66. The molecule has 4 rings (SSSR count). The van der Waals surface area contributed by atoms with Gasteiger partial charge in [0.2, 0.25) is 0 Å². The summed E-state index contributed by atoms with van der Waals surface area (Å²) in [6, 6.07) is 11.6. The summed E-state index contributed by atoms with van der Waals surface area (Å²) >= 11 is 0. The van der Waals surface area contributed by atoms with Crippen LogP contribution in [-0.4, -0.2) is 10.2 Å². The summed E-state index contributed by atoms with van der Waals surface area (Å²) in [7, 11) is 0. The van der Waals surface area contributed by atoms with Gasteiger partial charge in [0.25, 0.3) is 0 Å². The van der Waals surface area contributed by atoms with Gasteiger partial charge in [-0.25, -0.2) is 0 Å². The zero-order valence-electron chi connectivity index (χ0n) is 12.4. The lowest BCUT2D eigenvalue weighted by Crippen LogP contribution is -2.28. The number of hydrogen-bond donors (Lipinski definition) is 2. The summed E-state index contributed by atoms with van der Waals surface area (Å²) in [5.74, 6) is 1.61. The normalized spacial score (nSPS) is 29.6. The molecule has 2 aliphatic rings. The Kier molecular flexibility index (Phi) is 2.45. The van der Waals surface area contributed by atoms with Crippen LogP contribution in [0.5, 0.6) is 11.5 Å². The number of rotatable bonds is 0. The van der Waals surface area contributed by atoms with Gasteiger partial charge >= 0.3 is 0 Å². The minimum atomic E-state index is 0.187. The summed E-state index contributed by atoms with van der Waals surface area (Å²) in [5, 5.41) is 19.5. The second kappa shape index (κ2) is 4.03. The zero-order chi connectivity index (χ0) is 14.8. The molecule has 0 saturated heterocycles. The topological polar surface area (TPSA) is 40.5 Å². The number of benzene rings is 2. The highest BCUT2D eigenvalue weighted by molar-refractivity contribution is 5.50. The SMILES string of the molecule is CC1c2ccc(O)cc2C(C)C12Cc1ccc(O)cc1C2. The minimum absolute atomic E-state index is 0.187. The smallest absolute Gasteiger partial charge is 0.115 e. The number of phenolic OH excluding ortho intramolecular Hbond substituents is 2. The Morgan fingerprint density at radius 3 is 2.24 bits per heavy atom. The highest BCUT2D eigenvalue weighted by Crippen LogP contribution is 2.61. The maximum atomic E-state index is 9.81. The predicted molar refractivity (Wildman–Crippen MR) is 82.9 cm³/mol. The van der Waals surface area contributed by atoms with E-state index in [1.54, 1.807) is 12.1 Å². The van der Waals surface area contributed by atoms with Crippen molar-refractivity contribution in [3.63, 3.8) is 0 Å². The number of fused-ring (bicyclic) bond motifs is 2. The fourth-order valence-electron chi connectivity index (χ4n) is 4.66. The molecule has 0 amide bonds. The summed E-state index contributed by atoms with van der Waals surface area (Å²) in [4.78, 5) is 0. The van der Waals surface area contributed by atoms with Crippen molar-refractivity contribution in [2.24, 2.45) is 5.41 Å². The van der Waals surface area contributed by atoms with E-state index < -0.39 is 0 Å². The molecule has 0 fully saturated rings. The summed E-state index contributed by atoms with van der Waals surface area (Å²) < 4.78 is 0. The van der Waals surface area contributed by atoms with Crippen LogP contribution in [0.15, 0.2) is 36.4 Å². The van der Waals surface area contributed by atoms with Gasteiger partial charge in [-0.05, 0) is 76.6 Å². The van der Waals surface area contributed by atoms with Crippen LogP contribution in [0.2, 0.25) is 0 Å². The molecule has 0 aliphatic heterocycles. The van der Waals surface area contributed by atoms with E-state index in [1.165, 1.54) is 22.3 Å². The third-order valence-electron chi connectivity index (χ3n) is 5.96. The molecule has 108 valence electrons. The van der Waals surface area contributed by atoms with Crippen LogP contribution in [-0.2, 0) is 12.8 Å². The van der Waals surface area contributed by atoms with Gasteiger partial charge in [-0.3, -0.25) is 0 Å².